The van der Waals surface area contributed by atoms with E-state index in [1.165, 1.54) is 0 Å². The summed E-state index contributed by atoms with van der Waals surface area (Å²) in [5, 5.41) is 3.35. The van der Waals surface area contributed by atoms with Gasteiger partial charge in [-0.3, -0.25) is 0 Å². The average molecular weight is 225 g/mol. The smallest absolute Gasteiger partial charge is 0.117 e. The molecule has 90 valence electrons. The van der Waals surface area contributed by atoms with E-state index in [1.807, 2.05) is 19.1 Å². The topological polar surface area (TPSA) is 43.6 Å². The standard InChI is InChI=1S/C12H19NO3/c1-10-3-4-11(16-10)7-13-8-12(14-2)5-6-15-9-12/h3-4,13H,5-9H2,1-2H3. The first-order valence-corrected chi connectivity index (χ1v) is 5.63. The van der Waals surface area contributed by atoms with E-state index in [4.69, 9.17) is 13.9 Å². The summed E-state index contributed by atoms with van der Waals surface area (Å²) in [4.78, 5) is 0. The molecule has 1 fully saturated rings. The Balaban J connectivity index is 1.78. The highest BCUT2D eigenvalue weighted by Crippen LogP contribution is 2.21. The molecule has 0 amide bonds. The molecule has 1 saturated heterocycles. The number of ether oxygens (including phenoxy) is 2. The molecule has 1 unspecified atom stereocenters. The van der Waals surface area contributed by atoms with Gasteiger partial charge in [0.2, 0.25) is 0 Å². The predicted octanol–water partition coefficient (Wildman–Crippen LogP) is 1.48. The Morgan fingerprint density at radius 2 is 2.38 bits per heavy atom. The van der Waals surface area contributed by atoms with E-state index in [2.05, 4.69) is 5.32 Å². The molecule has 0 aliphatic carbocycles. The highest BCUT2D eigenvalue weighted by atomic mass is 16.5. The Hall–Kier alpha value is -0.840. The third-order valence-corrected chi connectivity index (χ3v) is 3.04. The Labute approximate surface area is 95.9 Å². The second-order valence-corrected chi connectivity index (χ2v) is 4.31. The second-order valence-electron chi connectivity index (χ2n) is 4.31. The fourth-order valence-electron chi connectivity index (χ4n) is 1.95. The SMILES string of the molecule is COC1(CNCc2ccc(C)o2)CCOC1. The third kappa shape index (κ3) is 2.64. The van der Waals surface area contributed by atoms with E-state index in [0.717, 1.165) is 37.6 Å². The largest absolute Gasteiger partial charge is 0.465 e. The zero-order valence-corrected chi connectivity index (χ0v) is 9.91. The molecule has 1 aliphatic rings. The predicted molar refractivity (Wildman–Crippen MR) is 60.3 cm³/mol. The van der Waals surface area contributed by atoms with Crippen molar-refractivity contribution >= 4 is 0 Å². The van der Waals surface area contributed by atoms with Gasteiger partial charge in [0.1, 0.15) is 17.1 Å². The number of nitrogens with one attached hydrogen (secondary N) is 1. The summed E-state index contributed by atoms with van der Waals surface area (Å²) in [5.41, 5.74) is -0.151. The lowest BCUT2D eigenvalue weighted by atomic mass is 10.0. The van der Waals surface area contributed by atoms with Crippen LogP contribution in [0, 0.1) is 6.92 Å². The van der Waals surface area contributed by atoms with Crippen molar-refractivity contribution in [3.05, 3.63) is 23.7 Å². The van der Waals surface area contributed by atoms with Crippen LogP contribution < -0.4 is 5.32 Å². The van der Waals surface area contributed by atoms with Crippen LogP contribution in [-0.2, 0) is 16.0 Å². The van der Waals surface area contributed by atoms with Gasteiger partial charge in [-0.1, -0.05) is 0 Å². The molecule has 4 heteroatoms. The number of hydrogen-bond donors (Lipinski definition) is 1. The molecule has 0 aromatic carbocycles. The van der Waals surface area contributed by atoms with Crippen LogP contribution >= 0.6 is 0 Å². The van der Waals surface area contributed by atoms with Crippen LogP contribution in [0.1, 0.15) is 17.9 Å². The average Bonchev–Trinajstić information content (AvgIpc) is 2.89. The minimum Gasteiger partial charge on any atom is -0.465 e. The van der Waals surface area contributed by atoms with Crippen molar-refractivity contribution in [3.8, 4) is 0 Å². The fourth-order valence-corrected chi connectivity index (χ4v) is 1.95. The third-order valence-electron chi connectivity index (χ3n) is 3.04. The maximum Gasteiger partial charge on any atom is 0.117 e. The molecule has 0 saturated carbocycles. The number of aryl methyl sites for hydroxylation is 1. The minimum atomic E-state index is -0.151. The number of hydrogen-bond acceptors (Lipinski definition) is 4. The maximum absolute atomic E-state index is 5.52. The summed E-state index contributed by atoms with van der Waals surface area (Å²) >= 11 is 0. The van der Waals surface area contributed by atoms with Crippen LogP contribution in [0.4, 0.5) is 0 Å². The van der Waals surface area contributed by atoms with Crippen LogP contribution in [0.3, 0.4) is 0 Å². The monoisotopic (exact) mass is 225 g/mol. The van der Waals surface area contributed by atoms with E-state index in [9.17, 15) is 0 Å². The van der Waals surface area contributed by atoms with Crippen LogP contribution in [0.5, 0.6) is 0 Å². The highest BCUT2D eigenvalue weighted by molar-refractivity contribution is 5.05. The Kier molecular flexibility index (Phi) is 3.63. The lowest BCUT2D eigenvalue weighted by Gasteiger charge is -2.25. The summed E-state index contributed by atoms with van der Waals surface area (Å²) in [7, 11) is 1.74. The van der Waals surface area contributed by atoms with Crippen LogP contribution in [-0.4, -0.2) is 32.5 Å². The van der Waals surface area contributed by atoms with E-state index in [-0.39, 0.29) is 5.60 Å². The van der Waals surface area contributed by atoms with Crippen molar-refractivity contribution in [1.29, 1.82) is 0 Å². The molecule has 2 rings (SSSR count). The molecule has 2 heterocycles. The quantitative estimate of drug-likeness (QED) is 0.824. The number of methoxy groups -OCH3 is 1. The Morgan fingerprint density at radius 1 is 1.50 bits per heavy atom. The highest BCUT2D eigenvalue weighted by Gasteiger charge is 2.34. The number of furan rings is 1. The van der Waals surface area contributed by atoms with Gasteiger partial charge in [-0.05, 0) is 19.1 Å². The van der Waals surface area contributed by atoms with Crippen molar-refractivity contribution < 1.29 is 13.9 Å². The molecule has 1 N–H and O–H groups in total. The van der Waals surface area contributed by atoms with Crippen molar-refractivity contribution in [1.82, 2.24) is 5.32 Å². The summed E-state index contributed by atoms with van der Waals surface area (Å²) in [6.07, 6.45) is 0.952. The first-order chi connectivity index (χ1) is 7.74. The first kappa shape index (κ1) is 11.6. The molecule has 0 radical (unpaired) electrons. The Bertz CT molecular complexity index is 329. The van der Waals surface area contributed by atoms with Crippen LogP contribution in [0.15, 0.2) is 16.5 Å². The molecule has 0 bridgehead atoms. The van der Waals surface area contributed by atoms with Gasteiger partial charge >= 0.3 is 0 Å². The normalized spacial score (nSPS) is 25.1. The van der Waals surface area contributed by atoms with Gasteiger partial charge in [-0.15, -0.1) is 0 Å². The summed E-state index contributed by atoms with van der Waals surface area (Å²) in [5.74, 6) is 1.91. The van der Waals surface area contributed by atoms with Crippen LogP contribution in [0.2, 0.25) is 0 Å². The molecule has 1 aromatic rings. The van der Waals surface area contributed by atoms with E-state index >= 15 is 0 Å². The summed E-state index contributed by atoms with van der Waals surface area (Å²) in [6.45, 7) is 4.94. The van der Waals surface area contributed by atoms with Crippen molar-refractivity contribution in [2.45, 2.75) is 25.5 Å². The van der Waals surface area contributed by atoms with Gasteiger partial charge in [0.25, 0.3) is 0 Å². The van der Waals surface area contributed by atoms with Gasteiger partial charge in [-0.25, -0.2) is 0 Å². The lowest BCUT2D eigenvalue weighted by Crippen LogP contribution is -2.42. The van der Waals surface area contributed by atoms with Crippen molar-refractivity contribution in [2.24, 2.45) is 0 Å². The van der Waals surface area contributed by atoms with Gasteiger partial charge in [0.15, 0.2) is 0 Å². The molecule has 4 nitrogen and oxygen atoms in total. The lowest BCUT2D eigenvalue weighted by molar-refractivity contribution is -0.0161. The minimum absolute atomic E-state index is 0.151. The Morgan fingerprint density at radius 3 is 2.94 bits per heavy atom. The van der Waals surface area contributed by atoms with E-state index in [1.54, 1.807) is 7.11 Å². The summed E-state index contributed by atoms with van der Waals surface area (Å²) < 4.78 is 16.4. The molecule has 1 aromatic heterocycles. The van der Waals surface area contributed by atoms with E-state index < -0.39 is 0 Å². The van der Waals surface area contributed by atoms with Gasteiger partial charge in [0.05, 0.1) is 13.2 Å². The maximum atomic E-state index is 5.52. The molecule has 1 atom stereocenters. The zero-order chi connectivity index (χ0) is 11.4. The molecule has 1 aliphatic heterocycles. The number of rotatable bonds is 5. The fraction of sp³-hybridized carbons (Fsp3) is 0.667. The zero-order valence-electron chi connectivity index (χ0n) is 9.91. The van der Waals surface area contributed by atoms with Gasteiger partial charge < -0.3 is 19.2 Å². The van der Waals surface area contributed by atoms with Gasteiger partial charge in [-0.2, -0.15) is 0 Å². The van der Waals surface area contributed by atoms with Crippen molar-refractivity contribution in [2.75, 3.05) is 26.9 Å². The molecular weight excluding hydrogens is 206 g/mol. The van der Waals surface area contributed by atoms with E-state index in [0.29, 0.717) is 6.61 Å². The van der Waals surface area contributed by atoms with Gasteiger partial charge in [0, 0.05) is 26.7 Å². The molecular formula is C12H19NO3. The first-order valence-electron chi connectivity index (χ1n) is 5.63. The molecule has 0 spiro atoms. The second kappa shape index (κ2) is 4.99. The molecule has 16 heavy (non-hydrogen) atoms. The van der Waals surface area contributed by atoms with Crippen LogP contribution in [0.25, 0.3) is 0 Å². The summed E-state index contributed by atoms with van der Waals surface area (Å²) in [6, 6.07) is 3.97. The van der Waals surface area contributed by atoms with Crippen molar-refractivity contribution in [3.63, 3.8) is 0 Å².